The molecule has 0 heterocycles. The van der Waals surface area contributed by atoms with Gasteiger partial charge in [0, 0.05) is 28.9 Å². The van der Waals surface area contributed by atoms with Crippen LogP contribution in [0.15, 0.2) is 41.3 Å². The summed E-state index contributed by atoms with van der Waals surface area (Å²) in [7, 11) is 1.24. The van der Waals surface area contributed by atoms with E-state index in [1.807, 2.05) is 0 Å². The average Bonchev–Trinajstić information content (AvgIpc) is 2.29. The summed E-state index contributed by atoms with van der Waals surface area (Å²) >= 11 is 5.83. The quantitative estimate of drug-likeness (QED) is 0.782. The van der Waals surface area contributed by atoms with Crippen LogP contribution < -0.4 is 4.74 Å². The minimum atomic E-state index is -3.92. The Hall–Kier alpha value is -1.37. The van der Waals surface area contributed by atoms with Crippen LogP contribution in [0.1, 0.15) is 0 Å². The van der Waals surface area contributed by atoms with Gasteiger partial charge in [0.1, 0.15) is 23.1 Å². The first-order valence-electron chi connectivity index (χ1n) is 5.14. The lowest BCUT2D eigenvalue weighted by Gasteiger charge is -2.08. The third-order valence-corrected chi connectivity index (χ3v) is 3.90. The Morgan fingerprint density at radius 3 is 2.10 bits per heavy atom. The SMILES string of the molecule is O=S(=O)(Cl)c1ccc(Oc2cc(F)cc(F)c2)c(Cl)c1. The molecular formula is C12H6Cl2F2O3S. The lowest BCUT2D eigenvalue weighted by Crippen LogP contribution is -1.92. The number of halogens is 4. The molecule has 8 heteroatoms. The third-order valence-electron chi connectivity index (χ3n) is 2.25. The van der Waals surface area contributed by atoms with Crippen LogP contribution in [-0.2, 0) is 9.05 Å². The maximum absolute atomic E-state index is 13.0. The van der Waals surface area contributed by atoms with Gasteiger partial charge in [0.05, 0.1) is 9.92 Å². The van der Waals surface area contributed by atoms with Crippen molar-refractivity contribution in [2.45, 2.75) is 4.90 Å². The monoisotopic (exact) mass is 338 g/mol. The van der Waals surface area contributed by atoms with Gasteiger partial charge in [-0.05, 0) is 18.2 Å². The Morgan fingerprint density at radius 1 is 1.00 bits per heavy atom. The molecule has 3 nitrogen and oxygen atoms in total. The Bertz CT molecular complexity index is 743. The van der Waals surface area contributed by atoms with Gasteiger partial charge in [0.25, 0.3) is 9.05 Å². The summed E-state index contributed by atoms with van der Waals surface area (Å²) in [6.45, 7) is 0. The van der Waals surface area contributed by atoms with Crippen molar-refractivity contribution in [2.24, 2.45) is 0 Å². The predicted molar refractivity (Wildman–Crippen MR) is 70.9 cm³/mol. The van der Waals surface area contributed by atoms with Crippen molar-refractivity contribution in [2.75, 3.05) is 0 Å². The van der Waals surface area contributed by atoms with Crippen LogP contribution in [0, 0.1) is 11.6 Å². The second kappa shape index (κ2) is 5.55. The van der Waals surface area contributed by atoms with E-state index in [0.717, 1.165) is 18.2 Å². The highest BCUT2D eigenvalue weighted by atomic mass is 35.7. The van der Waals surface area contributed by atoms with Crippen LogP contribution in [0.3, 0.4) is 0 Å². The van der Waals surface area contributed by atoms with E-state index >= 15 is 0 Å². The molecule has 0 spiro atoms. The van der Waals surface area contributed by atoms with E-state index in [-0.39, 0.29) is 21.4 Å². The molecule has 0 radical (unpaired) electrons. The minimum absolute atomic E-state index is 0.0423. The zero-order valence-electron chi connectivity index (χ0n) is 9.61. The molecule has 0 aromatic heterocycles. The van der Waals surface area contributed by atoms with Crippen LogP contribution in [0.25, 0.3) is 0 Å². The largest absolute Gasteiger partial charge is 0.456 e. The summed E-state index contributed by atoms with van der Waals surface area (Å²) in [6.07, 6.45) is 0. The summed E-state index contributed by atoms with van der Waals surface area (Å²) in [5.41, 5.74) is 0. The average molecular weight is 339 g/mol. The second-order valence-corrected chi connectivity index (χ2v) is 6.71. The van der Waals surface area contributed by atoms with Gasteiger partial charge in [-0.1, -0.05) is 11.6 Å². The van der Waals surface area contributed by atoms with E-state index in [9.17, 15) is 17.2 Å². The highest BCUT2D eigenvalue weighted by Crippen LogP contribution is 2.32. The van der Waals surface area contributed by atoms with Crippen molar-refractivity contribution in [1.29, 1.82) is 0 Å². The van der Waals surface area contributed by atoms with Gasteiger partial charge in [-0.25, -0.2) is 17.2 Å². The highest BCUT2D eigenvalue weighted by molar-refractivity contribution is 8.13. The molecular weight excluding hydrogens is 333 g/mol. The Labute approximate surface area is 123 Å². The summed E-state index contributed by atoms with van der Waals surface area (Å²) in [4.78, 5) is -0.207. The second-order valence-electron chi connectivity index (χ2n) is 3.74. The summed E-state index contributed by atoms with van der Waals surface area (Å²) in [5, 5.41) is -0.0589. The van der Waals surface area contributed by atoms with E-state index in [1.165, 1.54) is 12.1 Å². The van der Waals surface area contributed by atoms with Crippen molar-refractivity contribution in [3.05, 3.63) is 53.1 Å². The zero-order chi connectivity index (χ0) is 14.9. The lowest BCUT2D eigenvalue weighted by molar-refractivity contribution is 0.468. The van der Waals surface area contributed by atoms with Gasteiger partial charge in [-0.2, -0.15) is 0 Å². The maximum atomic E-state index is 13.0. The molecule has 0 N–H and O–H groups in total. The van der Waals surface area contributed by atoms with E-state index in [4.69, 9.17) is 27.0 Å². The van der Waals surface area contributed by atoms with Crippen molar-refractivity contribution < 1.29 is 21.9 Å². The minimum Gasteiger partial charge on any atom is -0.456 e. The van der Waals surface area contributed by atoms with Gasteiger partial charge in [0.15, 0.2) is 0 Å². The fraction of sp³-hybridized carbons (Fsp3) is 0. The first-order chi connectivity index (χ1) is 9.25. The van der Waals surface area contributed by atoms with Gasteiger partial charge in [0.2, 0.25) is 0 Å². The zero-order valence-corrected chi connectivity index (χ0v) is 11.9. The topological polar surface area (TPSA) is 43.4 Å². The van der Waals surface area contributed by atoms with Gasteiger partial charge in [-0.3, -0.25) is 0 Å². The van der Waals surface area contributed by atoms with Crippen molar-refractivity contribution in [1.82, 2.24) is 0 Å². The standard InChI is InChI=1S/C12H6Cl2F2O3S/c13-11-6-10(20(14,17)18)1-2-12(11)19-9-4-7(15)3-8(16)5-9/h1-6H. The number of rotatable bonds is 3. The molecule has 0 bridgehead atoms. The van der Waals surface area contributed by atoms with Crippen LogP contribution in [0.2, 0.25) is 5.02 Å². The molecule has 0 saturated heterocycles. The molecule has 20 heavy (non-hydrogen) atoms. The Morgan fingerprint density at radius 2 is 1.60 bits per heavy atom. The van der Waals surface area contributed by atoms with E-state index in [1.54, 1.807) is 0 Å². The molecule has 2 aromatic rings. The highest BCUT2D eigenvalue weighted by Gasteiger charge is 2.13. The number of hydrogen-bond donors (Lipinski definition) is 0. The predicted octanol–water partition coefficient (Wildman–Crippen LogP) is 4.34. The Balaban J connectivity index is 2.35. The van der Waals surface area contributed by atoms with Crippen LogP contribution >= 0.6 is 22.3 Å². The van der Waals surface area contributed by atoms with E-state index in [2.05, 4.69) is 0 Å². The molecule has 0 aliphatic carbocycles. The number of ether oxygens (including phenoxy) is 1. The Kier molecular flexibility index (Phi) is 4.17. The maximum Gasteiger partial charge on any atom is 0.261 e. The van der Waals surface area contributed by atoms with Gasteiger partial charge < -0.3 is 4.74 Å². The van der Waals surface area contributed by atoms with E-state index in [0.29, 0.717) is 6.07 Å². The molecule has 2 rings (SSSR count). The van der Waals surface area contributed by atoms with Gasteiger partial charge >= 0.3 is 0 Å². The fourth-order valence-electron chi connectivity index (χ4n) is 1.43. The number of hydrogen-bond acceptors (Lipinski definition) is 3. The molecule has 106 valence electrons. The van der Waals surface area contributed by atoms with Crippen molar-refractivity contribution >= 4 is 31.3 Å². The molecule has 0 aliphatic heterocycles. The third kappa shape index (κ3) is 3.59. The molecule has 0 atom stereocenters. The molecule has 0 fully saturated rings. The van der Waals surface area contributed by atoms with Gasteiger partial charge in [-0.15, -0.1) is 0 Å². The van der Waals surface area contributed by atoms with Crippen molar-refractivity contribution in [3.8, 4) is 11.5 Å². The molecule has 2 aromatic carbocycles. The molecule has 0 saturated carbocycles. The normalized spacial score (nSPS) is 11.4. The number of benzene rings is 2. The summed E-state index contributed by atoms with van der Waals surface area (Å²) in [6, 6.07) is 6.10. The summed E-state index contributed by atoms with van der Waals surface area (Å²) in [5.74, 6) is -1.68. The van der Waals surface area contributed by atoms with Crippen molar-refractivity contribution in [3.63, 3.8) is 0 Å². The smallest absolute Gasteiger partial charge is 0.261 e. The van der Waals surface area contributed by atoms with E-state index < -0.39 is 20.7 Å². The first-order valence-corrected chi connectivity index (χ1v) is 7.82. The lowest BCUT2D eigenvalue weighted by atomic mass is 10.3. The van der Waals surface area contributed by atoms with Crippen LogP contribution in [0.4, 0.5) is 8.78 Å². The molecule has 0 aliphatic rings. The molecule has 0 amide bonds. The first kappa shape index (κ1) is 15.0. The molecule has 0 unspecified atom stereocenters. The fourth-order valence-corrected chi connectivity index (χ4v) is 2.49. The van der Waals surface area contributed by atoms with Crippen LogP contribution in [0.5, 0.6) is 11.5 Å². The summed E-state index contributed by atoms with van der Waals surface area (Å²) < 4.78 is 53.4. The van der Waals surface area contributed by atoms with Crippen LogP contribution in [-0.4, -0.2) is 8.42 Å².